The molecule has 1 heterocycles. The van der Waals surface area contributed by atoms with Crippen LogP contribution in [0.15, 0.2) is 0 Å². The summed E-state index contributed by atoms with van der Waals surface area (Å²) in [6.07, 6.45) is 6.70. The number of ether oxygens (including phenoxy) is 2. The smallest absolute Gasteiger partial charge is 0.407 e. The van der Waals surface area contributed by atoms with Crippen LogP contribution in [-0.2, 0) is 9.47 Å². The fraction of sp³-hybridized carbons (Fsp3) is 0.917. The number of hydrogen-bond donors (Lipinski definition) is 1. The molecule has 0 radical (unpaired) electrons. The second-order valence-electron chi connectivity index (χ2n) is 4.81. The van der Waals surface area contributed by atoms with Crippen LogP contribution in [0.4, 0.5) is 4.79 Å². The molecule has 1 N–H and O–H groups in total. The van der Waals surface area contributed by atoms with Crippen molar-refractivity contribution in [1.29, 1.82) is 0 Å². The van der Waals surface area contributed by atoms with E-state index in [0.717, 1.165) is 32.5 Å². The first-order valence-electron chi connectivity index (χ1n) is 6.35. The molecule has 2 fully saturated rings. The van der Waals surface area contributed by atoms with Crippen molar-refractivity contribution in [1.82, 2.24) is 5.32 Å². The van der Waals surface area contributed by atoms with Crippen LogP contribution in [0.3, 0.4) is 0 Å². The molecular formula is C12H21NO3. The van der Waals surface area contributed by atoms with Crippen LogP contribution in [0, 0.1) is 5.92 Å². The summed E-state index contributed by atoms with van der Waals surface area (Å²) in [7, 11) is 0. The number of rotatable bonds is 3. The molecule has 1 atom stereocenters. The van der Waals surface area contributed by atoms with E-state index >= 15 is 0 Å². The molecule has 2 aliphatic rings. The van der Waals surface area contributed by atoms with Gasteiger partial charge in [-0.25, -0.2) is 4.79 Å². The quantitative estimate of drug-likeness (QED) is 0.803. The first-order chi connectivity index (χ1) is 7.84. The Bertz CT molecular complexity index is 220. The Morgan fingerprint density at radius 1 is 1.25 bits per heavy atom. The minimum absolute atomic E-state index is 0.251. The molecule has 1 aliphatic carbocycles. The van der Waals surface area contributed by atoms with Gasteiger partial charge >= 0.3 is 6.09 Å². The molecule has 4 heteroatoms. The predicted molar refractivity (Wildman–Crippen MR) is 60.3 cm³/mol. The zero-order valence-corrected chi connectivity index (χ0v) is 9.74. The lowest BCUT2D eigenvalue weighted by Crippen LogP contribution is -2.37. The molecule has 0 aromatic rings. The molecule has 0 bridgehead atoms. The van der Waals surface area contributed by atoms with E-state index in [1.807, 2.05) is 0 Å². The van der Waals surface area contributed by atoms with Crippen LogP contribution in [0.2, 0.25) is 0 Å². The van der Waals surface area contributed by atoms with Crippen molar-refractivity contribution in [3.05, 3.63) is 0 Å². The Hall–Kier alpha value is -0.770. The standard InChI is InChI=1S/C12H21NO3/c14-12(13-11-4-2-1-3-5-11)16-9-10-6-7-15-8-10/h10-11H,1-9H2,(H,13,14). The predicted octanol–water partition coefficient (Wildman–Crippen LogP) is 2.08. The van der Waals surface area contributed by atoms with Gasteiger partial charge in [0.2, 0.25) is 0 Å². The van der Waals surface area contributed by atoms with Gasteiger partial charge in [-0.3, -0.25) is 0 Å². The van der Waals surface area contributed by atoms with Gasteiger partial charge in [0.25, 0.3) is 0 Å². The Kier molecular flexibility index (Phi) is 4.45. The van der Waals surface area contributed by atoms with Gasteiger partial charge in [-0.05, 0) is 19.3 Å². The molecule has 16 heavy (non-hydrogen) atoms. The van der Waals surface area contributed by atoms with Crippen molar-refractivity contribution in [3.8, 4) is 0 Å². The van der Waals surface area contributed by atoms with Crippen molar-refractivity contribution in [2.45, 2.75) is 44.6 Å². The van der Waals surface area contributed by atoms with Crippen LogP contribution in [0.5, 0.6) is 0 Å². The van der Waals surface area contributed by atoms with E-state index in [2.05, 4.69) is 5.32 Å². The van der Waals surface area contributed by atoms with Gasteiger partial charge in [0.05, 0.1) is 13.2 Å². The van der Waals surface area contributed by atoms with Gasteiger partial charge in [-0.15, -0.1) is 0 Å². The summed E-state index contributed by atoms with van der Waals surface area (Å²) < 4.78 is 10.4. The molecule has 92 valence electrons. The second kappa shape index (κ2) is 6.09. The van der Waals surface area contributed by atoms with E-state index in [0.29, 0.717) is 18.6 Å². The second-order valence-corrected chi connectivity index (χ2v) is 4.81. The van der Waals surface area contributed by atoms with Gasteiger partial charge in [-0.1, -0.05) is 19.3 Å². The van der Waals surface area contributed by atoms with Crippen LogP contribution >= 0.6 is 0 Å². The minimum Gasteiger partial charge on any atom is -0.449 e. The molecular weight excluding hydrogens is 206 g/mol. The van der Waals surface area contributed by atoms with Crippen molar-refractivity contribution >= 4 is 6.09 Å². The lowest BCUT2D eigenvalue weighted by atomic mass is 9.96. The van der Waals surface area contributed by atoms with Crippen LogP contribution in [0.1, 0.15) is 38.5 Å². The highest BCUT2D eigenvalue weighted by molar-refractivity contribution is 5.67. The van der Waals surface area contributed by atoms with E-state index in [4.69, 9.17) is 9.47 Å². The van der Waals surface area contributed by atoms with E-state index in [1.165, 1.54) is 19.3 Å². The zero-order chi connectivity index (χ0) is 11.2. The van der Waals surface area contributed by atoms with Crippen molar-refractivity contribution in [3.63, 3.8) is 0 Å². The molecule has 4 nitrogen and oxygen atoms in total. The topological polar surface area (TPSA) is 47.6 Å². The minimum atomic E-state index is -0.251. The number of amides is 1. The third-order valence-corrected chi connectivity index (χ3v) is 3.40. The van der Waals surface area contributed by atoms with Gasteiger partial charge in [0, 0.05) is 18.6 Å². The Morgan fingerprint density at radius 3 is 2.75 bits per heavy atom. The summed E-state index contributed by atoms with van der Waals surface area (Å²) in [5.41, 5.74) is 0. The number of hydrogen-bond acceptors (Lipinski definition) is 3. The normalized spacial score (nSPS) is 26.6. The molecule has 0 aromatic carbocycles. The van der Waals surface area contributed by atoms with Gasteiger partial charge in [0.15, 0.2) is 0 Å². The number of carbonyl (C=O) groups excluding carboxylic acids is 1. The third-order valence-electron chi connectivity index (χ3n) is 3.40. The summed E-state index contributed by atoms with van der Waals surface area (Å²) in [6.45, 7) is 2.04. The zero-order valence-electron chi connectivity index (χ0n) is 9.74. The first-order valence-corrected chi connectivity index (χ1v) is 6.35. The molecule has 1 unspecified atom stereocenters. The maximum absolute atomic E-state index is 11.5. The fourth-order valence-electron chi connectivity index (χ4n) is 2.36. The Labute approximate surface area is 96.7 Å². The summed E-state index contributed by atoms with van der Waals surface area (Å²) in [4.78, 5) is 11.5. The van der Waals surface area contributed by atoms with E-state index in [9.17, 15) is 4.79 Å². The van der Waals surface area contributed by atoms with Crippen LogP contribution in [0.25, 0.3) is 0 Å². The number of alkyl carbamates (subject to hydrolysis) is 1. The molecule has 1 aliphatic heterocycles. The first kappa shape index (κ1) is 11.7. The van der Waals surface area contributed by atoms with Gasteiger partial charge in [0.1, 0.15) is 0 Å². The molecule has 1 saturated heterocycles. The highest BCUT2D eigenvalue weighted by Gasteiger charge is 2.19. The third kappa shape index (κ3) is 3.67. The van der Waals surface area contributed by atoms with Crippen molar-refractivity contribution in [2.75, 3.05) is 19.8 Å². The number of nitrogens with one attached hydrogen (secondary N) is 1. The summed E-state index contributed by atoms with van der Waals surface area (Å²) in [5, 5.41) is 2.94. The largest absolute Gasteiger partial charge is 0.449 e. The van der Waals surface area contributed by atoms with E-state index < -0.39 is 0 Å². The summed E-state index contributed by atoms with van der Waals surface area (Å²) >= 11 is 0. The monoisotopic (exact) mass is 227 g/mol. The SMILES string of the molecule is O=C(NC1CCCCC1)OCC1CCOC1. The molecule has 2 rings (SSSR count). The number of carbonyl (C=O) groups is 1. The van der Waals surface area contributed by atoms with Gasteiger partial charge in [-0.2, -0.15) is 0 Å². The summed E-state index contributed by atoms with van der Waals surface area (Å²) in [6, 6.07) is 0.334. The lowest BCUT2D eigenvalue weighted by molar-refractivity contribution is 0.112. The van der Waals surface area contributed by atoms with Crippen molar-refractivity contribution < 1.29 is 14.3 Å². The summed E-state index contributed by atoms with van der Waals surface area (Å²) in [5.74, 6) is 0.400. The van der Waals surface area contributed by atoms with Crippen molar-refractivity contribution in [2.24, 2.45) is 5.92 Å². The lowest BCUT2D eigenvalue weighted by Gasteiger charge is -2.22. The van der Waals surface area contributed by atoms with Crippen LogP contribution < -0.4 is 5.32 Å². The molecule has 1 amide bonds. The molecule has 0 spiro atoms. The Balaban J connectivity index is 1.59. The maximum Gasteiger partial charge on any atom is 0.407 e. The Morgan fingerprint density at radius 2 is 2.06 bits per heavy atom. The van der Waals surface area contributed by atoms with E-state index in [1.54, 1.807) is 0 Å². The fourth-order valence-corrected chi connectivity index (χ4v) is 2.36. The van der Waals surface area contributed by atoms with E-state index in [-0.39, 0.29) is 6.09 Å². The van der Waals surface area contributed by atoms with Crippen LogP contribution in [-0.4, -0.2) is 32.0 Å². The average Bonchev–Trinajstić information content (AvgIpc) is 2.81. The average molecular weight is 227 g/mol. The molecule has 0 aromatic heterocycles. The highest BCUT2D eigenvalue weighted by Crippen LogP contribution is 2.17. The van der Waals surface area contributed by atoms with Gasteiger partial charge < -0.3 is 14.8 Å². The maximum atomic E-state index is 11.5. The molecule has 1 saturated carbocycles. The highest BCUT2D eigenvalue weighted by atomic mass is 16.6.